The number of alkyl halides is 3. The average Bonchev–Trinajstić information content (AvgIpc) is 3.58. The Balaban J connectivity index is 1.14. The smallest absolute Gasteiger partial charge is 0.408 e. The van der Waals surface area contributed by atoms with E-state index in [1.54, 1.807) is 66.7 Å². The number of hydrogen-bond acceptors (Lipinski definition) is 4. The van der Waals surface area contributed by atoms with Crippen LogP contribution in [0.5, 0.6) is 0 Å². The van der Waals surface area contributed by atoms with E-state index in [2.05, 4.69) is 10.6 Å². The van der Waals surface area contributed by atoms with Gasteiger partial charge in [0, 0.05) is 28.9 Å². The summed E-state index contributed by atoms with van der Waals surface area (Å²) in [5.41, 5.74) is 4.49. The zero-order valence-electron chi connectivity index (χ0n) is 26.4. The van der Waals surface area contributed by atoms with Crippen molar-refractivity contribution < 1.29 is 27.2 Å². The first-order valence-corrected chi connectivity index (χ1v) is 16.3. The number of carbonyl (C=O) groups excluding carboxylic acids is 2. The van der Waals surface area contributed by atoms with E-state index in [0.29, 0.717) is 32.9 Å². The van der Waals surface area contributed by atoms with Crippen LogP contribution in [0, 0.1) is 0 Å². The highest BCUT2D eigenvalue weighted by atomic mass is 35.5. The molecule has 0 unspecified atom stereocenters. The maximum absolute atomic E-state index is 13.8. The highest BCUT2D eigenvalue weighted by Crippen LogP contribution is 2.51. The van der Waals surface area contributed by atoms with Gasteiger partial charge in [0.15, 0.2) is 5.58 Å². The van der Waals surface area contributed by atoms with Crippen molar-refractivity contribution in [2.24, 2.45) is 0 Å². The number of anilines is 1. The molecule has 2 N–H and O–H groups in total. The second-order valence-corrected chi connectivity index (χ2v) is 12.5. The van der Waals surface area contributed by atoms with Gasteiger partial charge in [0.1, 0.15) is 12.0 Å². The van der Waals surface area contributed by atoms with Crippen molar-refractivity contribution in [1.82, 2.24) is 9.88 Å². The summed E-state index contributed by atoms with van der Waals surface area (Å²) in [6.45, 7) is -1.33. The number of nitrogens with one attached hydrogen (secondary N) is 2. The number of aromatic nitrogens is 1. The maximum Gasteiger partial charge on any atom is 0.419 e. The van der Waals surface area contributed by atoms with Crippen molar-refractivity contribution in [3.63, 3.8) is 0 Å². The van der Waals surface area contributed by atoms with Crippen molar-refractivity contribution >= 4 is 40.2 Å². The third-order valence-corrected chi connectivity index (χ3v) is 9.34. The Labute approximate surface area is 289 Å². The minimum absolute atomic E-state index is 0.130. The molecule has 6 aromatic rings. The van der Waals surface area contributed by atoms with Crippen LogP contribution >= 0.6 is 11.6 Å². The highest BCUT2D eigenvalue weighted by molar-refractivity contribution is 6.30. The molecule has 2 amide bonds. The van der Waals surface area contributed by atoms with Crippen LogP contribution in [-0.2, 0) is 16.8 Å². The number of aryl methyl sites for hydroxylation is 1. The number of halogens is 4. The number of benzene rings is 5. The predicted octanol–water partition coefficient (Wildman–Crippen LogP) is 8.59. The molecule has 0 saturated heterocycles. The quantitative estimate of drug-likeness (QED) is 0.159. The van der Waals surface area contributed by atoms with Gasteiger partial charge in [0.25, 0.3) is 5.91 Å². The van der Waals surface area contributed by atoms with E-state index in [-0.39, 0.29) is 30.9 Å². The summed E-state index contributed by atoms with van der Waals surface area (Å²) in [6.07, 6.45) is -4.20. The fourth-order valence-corrected chi connectivity index (χ4v) is 7.03. The average molecular weight is 696 g/mol. The highest BCUT2D eigenvalue weighted by Gasteiger charge is 2.49. The Morgan fingerprint density at radius 2 is 1.42 bits per heavy atom. The molecule has 1 aromatic heterocycles. The monoisotopic (exact) mass is 695 g/mol. The molecule has 11 heteroatoms. The first kappa shape index (κ1) is 32.9. The lowest BCUT2D eigenvalue weighted by atomic mass is 9.73. The van der Waals surface area contributed by atoms with Crippen LogP contribution in [0.4, 0.5) is 18.9 Å². The molecule has 0 spiro atoms. The van der Waals surface area contributed by atoms with Gasteiger partial charge in [-0.25, -0.2) is 4.79 Å². The minimum atomic E-state index is -4.59. The molecule has 1 aliphatic carbocycles. The van der Waals surface area contributed by atoms with Gasteiger partial charge < -0.3 is 15.1 Å². The van der Waals surface area contributed by atoms with Crippen LogP contribution in [0.15, 0.2) is 124 Å². The number of carbonyl (C=O) groups is 2. The maximum atomic E-state index is 13.8. The SMILES string of the molecule is O=C(Nc1ccc2c(c1)oc(=O)n2CCCC1(C(=O)NCC(F)(F)F)c2ccccc2-c2ccccc21)c1ccccc1-c1ccc(Cl)cc1. The Morgan fingerprint density at radius 1 is 0.800 bits per heavy atom. The third kappa shape index (κ3) is 6.07. The molecule has 252 valence electrons. The molecule has 0 aliphatic heterocycles. The van der Waals surface area contributed by atoms with Gasteiger partial charge in [-0.15, -0.1) is 0 Å². The lowest BCUT2D eigenvalue weighted by molar-refractivity contribution is -0.141. The zero-order valence-corrected chi connectivity index (χ0v) is 27.1. The number of fused-ring (bicyclic) bond motifs is 4. The van der Waals surface area contributed by atoms with E-state index in [1.807, 2.05) is 48.5 Å². The molecular formula is C39H29ClF3N3O4. The van der Waals surface area contributed by atoms with E-state index in [0.717, 1.165) is 22.3 Å². The first-order valence-electron chi connectivity index (χ1n) is 15.9. The Bertz CT molecular complexity index is 2270. The Morgan fingerprint density at radius 3 is 2.08 bits per heavy atom. The Hall–Kier alpha value is -5.61. The van der Waals surface area contributed by atoms with E-state index < -0.39 is 29.8 Å². The second-order valence-electron chi connectivity index (χ2n) is 12.1. The molecule has 0 atom stereocenters. The molecule has 7 rings (SSSR count). The van der Waals surface area contributed by atoms with Gasteiger partial charge in [-0.1, -0.05) is 90.5 Å². The van der Waals surface area contributed by atoms with Crippen molar-refractivity contribution in [2.45, 2.75) is 31.0 Å². The molecule has 1 aliphatic rings. The Kier molecular flexibility index (Phi) is 8.57. The number of amides is 2. The zero-order chi connectivity index (χ0) is 35.0. The normalized spacial score (nSPS) is 13.1. The molecule has 0 saturated carbocycles. The fourth-order valence-electron chi connectivity index (χ4n) is 6.90. The van der Waals surface area contributed by atoms with Crippen LogP contribution in [-0.4, -0.2) is 29.1 Å². The predicted molar refractivity (Wildman–Crippen MR) is 186 cm³/mol. The summed E-state index contributed by atoms with van der Waals surface area (Å²) < 4.78 is 46.7. The summed E-state index contributed by atoms with van der Waals surface area (Å²) in [5, 5.41) is 5.59. The summed E-state index contributed by atoms with van der Waals surface area (Å²) in [4.78, 5) is 40.3. The standard InChI is InChI=1S/C39H29ClF3N3O4/c40-25-16-14-24(15-17-25)27-8-1-2-11-30(27)35(47)45-26-18-19-33-34(22-26)50-37(49)46(33)21-7-20-38(36(48)44-23-39(41,42)43)31-12-5-3-9-28(31)29-10-4-6-13-32(29)38/h1-6,8-19,22H,7,20-21,23H2,(H,44,48)(H,45,47). The van der Waals surface area contributed by atoms with Crippen molar-refractivity contribution in [1.29, 1.82) is 0 Å². The number of nitrogens with zero attached hydrogens (tertiary/aromatic N) is 1. The molecule has 50 heavy (non-hydrogen) atoms. The van der Waals surface area contributed by atoms with Crippen LogP contribution < -0.4 is 16.4 Å². The summed E-state index contributed by atoms with van der Waals surface area (Å²) in [6, 6.07) is 33.6. The third-order valence-electron chi connectivity index (χ3n) is 9.09. The molecule has 0 bridgehead atoms. The van der Waals surface area contributed by atoms with Gasteiger partial charge >= 0.3 is 11.9 Å². The van der Waals surface area contributed by atoms with Gasteiger partial charge in [0.2, 0.25) is 5.91 Å². The minimum Gasteiger partial charge on any atom is -0.408 e. The van der Waals surface area contributed by atoms with Crippen LogP contribution in [0.25, 0.3) is 33.4 Å². The van der Waals surface area contributed by atoms with Gasteiger partial charge in [-0.05, 0) is 76.6 Å². The molecule has 1 heterocycles. The lowest BCUT2D eigenvalue weighted by Gasteiger charge is -2.31. The lowest BCUT2D eigenvalue weighted by Crippen LogP contribution is -2.47. The number of hydrogen-bond donors (Lipinski definition) is 2. The van der Waals surface area contributed by atoms with E-state index >= 15 is 0 Å². The van der Waals surface area contributed by atoms with Crippen LogP contribution in [0.2, 0.25) is 5.02 Å². The molecule has 5 aromatic carbocycles. The van der Waals surface area contributed by atoms with Gasteiger partial charge in [0.05, 0.1) is 5.52 Å². The topological polar surface area (TPSA) is 93.3 Å². The van der Waals surface area contributed by atoms with Crippen molar-refractivity contribution in [3.05, 3.63) is 148 Å². The first-order chi connectivity index (χ1) is 24.0. The number of rotatable bonds is 9. The van der Waals surface area contributed by atoms with Crippen molar-refractivity contribution in [2.75, 3.05) is 11.9 Å². The van der Waals surface area contributed by atoms with Gasteiger partial charge in [-0.3, -0.25) is 14.2 Å². The summed E-state index contributed by atoms with van der Waals surface area (Å²) in [5.74, 6) is -1.75. The summed E-state index contributed by atoms with van der Waals surface area (Å²) >= 11 is 6.05. The van der Waals surface area contributed by atoms with E-state index in [9.17, 15) is 27.6 Å². The van der Waals surface area contributed by atoms with Gasteiger partial charge in [-0.2, -0.15) is 13.2 Å². The van der Waals surface area contributed by atoms with Crippen LogP contribution in [0.1, 0.15) is 34.3 Å². The van der Waals surface area contributed by atoms with Crippen LogP contribution in [0.3, 0.4) is 0 Å². The largest absolute Gasteiger partial charge is 0.419 e. The molecular weight excluding hydrogens is 667 g/mol. The second kappa shape index (κ2) is 13.0. The van der Waals surface area contributed by atoms with E-state index in [1.165, 1.54) is 4.57 Å². The molecule has 0 fully saturated rings. The molecule has 7 nitrogen and oxygen atoms in total. The van der Waals surface area contributed by atoms with E-state index in [4.69, 9.17) is 16.0 Å². The number of oxazole rings is 1. The van der Waals surface area contributed by atoms with Crippen molar-refractivity contribution in [3.8, 4) is 22.3 Å². The fraction of sp³-hybridized carbons (Fsp3) is 0.154. The molecule has 0 radical (unpaired) electrons. The summed E-state index contributed by atoms with van der Waals surface area (Å²) in [7, 11) is 0.